The van der Waals surface area contributed by atoms with E-state index < -0.39 is 0 Å². The summed E-state index contributed by atoms with van der Waals surface area (Å²) in [5.74, 6) is 0.743. The number of carbonyl (C=O) groups is 1. The molecule has 0 bridgehead atoms. The lowest BCUT2D eigenvalue weighted by atomic mass is 9.97. The average Bonchev–Trinajstić information content (AvgIpc) is 2.85. The van der Waals surface area contributed by atoms with Gasteiger partial charge >= 0.3 is 5.97 Å². The summed E-state index contributed by atoms with van der Waals surface area (Å²) in [5, 5.41) is 1.31. The number of hydrogen-bond donors (Lipinski definition) is 0. The van der Waals surface area contributed by atoms with Gasteiger partial charge in [-0.05, 0) is 37.4 Å². The Morgan fingerprint density at radius 1 is 1.43 bits per heavy atom. The number of esters is 1. The van der Waals surface area contributed by atoms with Crippen LogP contribution in [-0.4, -0.2) is 36.1 Å². The Morgan fingerprint density at radius 3 is 2.81 bits per heavy atom. The third-order valence-corrected chi connectivity index (χ3v) is 4.91. The van der Waals surface area contributed by atoms with Gasteiger partial charge in [0.1, 0.15) is 10.6 Å². The minimum absolute atomic E-state index is 0.0109. The van der Waals surface area contributed by atoms with Gasteiger partial charge in [0, 0.05) is 18.0 Å². The second-order valence-electron chi connectivity index (χ2n) is 5.18. The number of carbonyl (C=O) groups excluding carboxylic acids is 1. The smallest absolute Gasteiger partial charge is 0.308 e. The Labute approximate surface area is 131 Å². The van der Waals surface area contributed by atoms with Gasteiger partial charge in [0.15, 0.2) is 0 Å². The molecule has 1 saturated heterocycles. The summed E-state index contributed by atoms with van der Waals surface area (Å²) in [6, 6.07) is 2.10. The SMILES string of the molecule is COC(=O)C1CCN(c2nc(Cl)nc3sc(C)cc23)CC1. The molecule has 2 aromatic heterocycles. The molecule has 0 radical (unpaired) electrons. The third-order valence-electron chi connectivity index (χ3n) is 3.80. The first-order chi connectivity index (χ1) is 10.1. The van der Waals surface area contributed by atoms with Crippen LogP contribution in [0.3, 0.4) is 0 Å². The number of aryl methyl sites for hydroxylation is 1. The molecule has 3 rings (SSSR count). The number of rotatable bonds is 2. The highest BCUT2D eigenvalue weighted by Gasteiger charge is 2.27. The topological polar surface area (TPSA) is 55.3 Å². The van der Waals surface area contributed by atoms with Crippen LogP contribution in [0.25, 0.3) is 10.2 Å². The first-order valence-corrected chi connectivity index (χ1v) is 8.04. The first kappa shape index (κ1) is 14.5. The molecule has 21 heavy (non-hydrogen) atoms. The van der Waals surface area contributed by atoms with E-state index in [9.17, 15) is 4.79 Å². The predicted octanol–water partition coefficient (Wildman–Crippen LogP) is 3.04. The monoisotopic (exact) mass is 325 g/mol. The van der Waals surface area contributed by atoms with Crippen molar-refractivity contribution in [2.45, 2.75) is 19.8 Å². The Balaban J connectivity index is 1.87. The van der Waals surface area contributed by atoms with E-state index in [1.54, 1.807) is 11.3 Å². The third kappa shape index (κ3) is 2.82. The minimum Gasteiger partial charge on any atom is -0.469 e. The van der Waals surface area contributed by atoms with E-state index in [2.05, 4.69) is 20.9 Å². The van der Waals surface area contributed by atoms with Crippen molar-refractivity contribution in [1.29, 1.82) is 0 Å². The molecule has 0 saturated carbocycles. The molecule has 0 unspecified atom stereocenters. The van der Waals surface area contributed by atoms with Crippen LogP contribution in [0, 0.1) is 12.8 Å². The van der Waals surface area contributed by atoms with Crippen molar-refractivity contribution in [3.63, 3.8) is 0 Å². The molecule has 7 heteroatoms. The molecular weight excluding hydrogens is 310 g/mol. The second-order valence-corrected chi connectivity index (χ2v) is 6.75. The molecule has 0 spiro atoms. The molecule has 0 aromatic carbocycles. The van der Waals surface area contributed by atoms with E-state index in [-0.39, 0.29) is 17.2 Å². The predicted molar refractivity (Wildman–Crippen MR) is 84.1 cm³/mol. The summed E-state index contributed by atoms with van der Waals surface area (Å²) < 4.78 is 4.82. The highest BCUT2D eigenvalue weighted by Crippen LogP contribution is 2.33. The molecule has 1 fully saturated rings. The first-order valence-electron chi connectivity index (χ1n) is 6.85. The summed E-state index contributed by atoms with van der Waals surface area (Å²) in [7, 11) is 1.44. The van der Waals surface area contributed by atoms with Crippen LogP contribution in [-0.2, 0) is 9.53 Å². The molecule has 1 aliphatic heterocycles. The van der Waals surface area contributed by atoms with Crippen LogP contribution in [0.5, 0.6) is 0 Å². The van der Waals surface area contributed by atoms with Gasteiger partial charge in [-0.25, -0.2) is 4.98 Å². The quantitative estimate of drug-likeness (QED) is 0.627. The fourth-order valence-corrected chi connectivity index (χ4v) is 3.83. The molecule has 0 aliphatic carbocycles. The van der Waals surface area contributed by atoms with Crippen LogP contribution >= 0.6 is 22.9 Å². The van der Waals surface area contributed by atoms with Gasteiger partial charge in [0.05, 0.1) is 18.4 Å². The highest BCUT2D eigenvalue weighted by molar-refractivity contribution is 7.18. The number of thiophene rings is 1. The van der Waals surface area contributed by atoms with E-state index in [1.807, 2.05) is 6.92 Å². The number of anilines is 1. The number of ether oxygens (including phenoxy) is 1. The zero-order valence-electron chi connectivity index (χ0n) is 11.9. The summed E-state index contributed by atoms with van der Waals surface area (Å²) in [6.45, 7) is 3.60. The maximum atomic E-state index is 11.6. The Kier molecular flexibility index (Phi) is 3.99. The Morgan fingerprint density at radius 2 is 2.14 bits per heavy atom. The number of methoxy groups -OCH3 is 1. The van der Waals surface area contributed by atoms with E-state index in [1.165, 1.54) is 12.0 Å². The highest BCUT2D eigenvalue weighted by atomic mass is 35.5. The van der Waals surface area contributed by atoms with Gasteiger partial charge in [-0.2, -0.15) is 4.98 Å². The zero-order chi connectivity index (χ0) is 15.0. The number of fused-ring (bicyclic) bond motifs is 1. The van der Waals surface area contributed by atoms with Crippen LogP contribution in [0.15, 0.2) is 6.07 Å². The van der Waals surface area contributed by atoms with Crippen molar-refractivity contribution >= 4 is 44.9 Å². The van der Waals surface area contributed by atoms with Gasteiger partial charge in [0.25, 0.3) is 0 Å². The number of piperidine rings is 1. The van der Waals surface area contributed by atoms with E-state index >= 15 is 0 Å². The van der Waals surface area contributed by atoms with Gasteiger partial charge in [-0.3, -0.25) is 4.79 Å². The summed E-state index contributed by atoms with van der Waals surface area (Å²) in [5.41, 5.74) is 0. The number of hydrogen-bond acceptors (Lipinski definition) is 6. The van der Waals surface area contributed by atoms with E-state index in [0.29, 0.717) is 0 Å². The number of nitrogens with zero attached hydrogens (tertiary/aromatic N) is 3. The summed E-state index contributed by atoms with van der Waals surface area (Å²) in [6.07, 6.45) is 1.55. The average molecular weight is 326 g/mol. The van der Waals surface area contributed by atoms with Gasteiger partial charge in [0.2, 0.25) is 5.28 Å². The van der Waals surface area contributed by atoms with Crippen LogP contribution in [0.4, 0.5) is 5.82 Å². The van der Waals surface area contributed by atoms with Crippen molar-refractivity contribution in [3.05, 3.63) is 16.2 Å². The fraction of sp³-hybridized carbons (Fsp3) is 0.500. The van der Waals surface area contributed by atoms with Crippen molar-refractivity contribution in [2.24, 2.45) is 5.92 Å². The van der Waals surface area contributed by atoms with Crippen LogP contribution in [0.2, 0.25) is 5.28 Å². The number of aromatic nitrogens is 2. The molecular formula is C14H16ClN3O2S. The minimum atomic E-state index is -0.119. The van der Waals surface area contributed by atoms with Crippen molar-refractivity contribution in [3.8, 4) is 0 Å². The van der Waals surface area contributed by atoms with E-state index in [0.717, 1.165) is 42.0 Å². The maximum Gasteiger partial charge on any atom is 0.308 e. The number of halogens is 1. The van der Waals surface area contributed by atoms with Crippen LogP contribution in [0.1, 0.15) is 17.7 Å². The largest absolute Gasteiger partial charge is 0.469 e. The van der Waals surface area contributed by atoms with Gasteiger partial charge in [-0.15, -0.1) is 11.3 Å². The van der Waals surface area contributed by atoms with Crippen LogP contribution < -0.4 is 4.90 Å². The van der Waals surface area contributed by atoms with Gasteiger partial charge < -0.3 is 9.64 Å². The normalized spacial score (nSPS) is 16.4. The Hall–Kier alpha value is -1.40. The summed E-state index contributed by atoms with van der Waals surface area (Å²) >= 11 is 7.65. The fourth-order valence-electron chi connectivity index (χ4n) is 2.74. The zero-order valence-corrected chi connectivity index (χ0v) is 13.5. The Bertz CT molecular complexity index is 680. The standard InChI is InChI=1S/C14H16ClN3O2S/c1-8-7-10-11(16-14(15)17-12(10)21-8)18-5-3-9(4-6-18)13(19)20-2/h7,9H,3-6H2,1-2H3. The van der Waals surface area contributed by atoms with Crippen molar-refractivity contribution in [2.75, 3.05) is 25.1 Å². The molecule has 2 aromatic rings. The van der Waals surface area contributed by atoms with Gasteiger partial charge in [-0.1, -0.05) is 0 Å². The molecule has 3 heterocycles. The lowest BCUT2D eigenvalue weighted by Crippen LogP contribution is -2.37. The molecule has 1 aliphatic rings. The molecule has 0 amide bonds. The summed E-state index contributed by atoms with van der Waals surface area (Å²) in [4.78, 5) is 24.6. The molecule has 5 nitrogen and oxygen atoms in total. The maximum absolute atomic E-state index is 11.6. The molecule has 0 atom stereocenters. The molecule has 112 valence electrons. The lowest BCUT2D eigenvalue weighted by molar-refractivity contribution is -0.146. The van der Waals surface area contributed by atoms with Crippen molar-refractivity contribution < 1.29 is 9.53 Å². The van der Waals surface area contributed by atoms with E-state index in [4.69, 9.17) is 16.3 Å². The van der Waals surface area contributed by atoms with Crippen molar-refractivity contribution in [1.82, 2.24) is 9.97 Å². The lowest BCUT2D eigenvalue weighted by Gasteiger charge is -2.31. The molecule has 0 N–H and O–H groups in total. The second kappa shape index (κ2) is 5.77.